The Labute approximate surface area is 175 Å². The number of ether oxygens (including phenoxy) is 2. The highest BCUT2D eigenvalue weighted by Crippen LogP contribution is 2.29. The fraction of sp³-hybridized carbons (Fsp3) is 0.136. The maximum atomic E-state index is 13.2. The van der Waals surface area contributed by atoms with Crippen molar-refractivity contribution in [3.8, 4) is 11.5 Å². The third-order valence-corrected chi connectivity index (χ3v) is 6.13. The average molecular weight is 426 g/mol. The molecule has 0 bridgehead atoms. The fourth-order valence-corrected chi connectivity index (χ4v) is 4.30. The molecule has 3 aromatic rings. The highest BCUT2D eigenvalue weighted by molar-refractivity contribution is 7.92. The van der Waals surface area contributed by atoms with E-state index in [1.54, 1.807) is 66.7 Å². The summed E-state index contributed by atoms with van der Waals surface area (Å²) >= 11 is 0. The van der Waals surface area contributed by atoms with Gasteiger partial charge in [-0.1, -0.05) is 36.4 Å². The summed E-state index contributed by atoms with van der Waals surface area (Å²) < 4.78 is 38.0. The number of rotatable bonds is 8. The number of nitrogens with zero attached hydrogens (tertiary/aromatic N) is 1. The second-order valence-corrected chi connectivity index (χ2v) is 8.14. The van der Waals surface area contributed by atoms with Crippen molar-refractivity contribution in [2.75, 3.05) is 30.4 Å². The van der Waals surface area contributed by atoms with E-state index in [0.29, 0.717) is 22.9 Å². The van der Waals surface area contributed by atoms with E-state index in [9.17, 15) is 13.2 Å². The van der Waals surface area contributed by atoms with Gasteiger partial charge in [0.2, 0.25) is 5.91 Å². The van der Waals surface area contributed by atoms with Gasteiger partial charge in [-0.3, -0.25) is 9.10 Å². The van der Waals surface area contributed by atoms with Crippen molar-refractivity contribution in [1.29, 1.82) is 0 Å². The lowest BCUT2D eigenvalue weighted by molar-refractivity contribution is -0.114. The van der Waals surface area contributed by atoms with Crippen LogP contribution in [0.4, 0.5) is 11.4 Å². The van der Waals surface area contributed by atoms with Crippen LogP contribution in [0.2, 0.25) is 0 Å². The Morgan fingerprint density at radius 3 is 2.13 bits per heavy atom. The van der Waals surface area contributed by atoms with Gasteiger partial charge in [-0.15, -0.1) is 0 Å². The van der Waals surface area contributed by atoms with E-state index >= 15 is 0 Å². The number of carbonyl (C=O) groups excluding carboxylic acids is 1. The molecule has 0 aliphatic carbocycles. The summed E-state index contributed by atoms with van der Waals surface area (Å²) in [5.74, 6) is 0.439. The summed E-state index contributed by atoms with van der Waals surface area (Å²) in [6, 6.07) is 21.4. The number of carbonyl (C=O) groups is 1. The van der Waals surface area contributed by atoms with Crippen LogP contribution in [0.15, 0.2) is 83.8 Å². The zero-order chi connectivity index (χ0) is 21.6. The second kappa shape index (κ2) is 9.32. The van der Waals surface area contributed by atoms with E-state index in [2.05, 4.69) is 5.32 Å². The van der Waals surface area contributed by atoms with Crippen molar-refractivity contribution in [2.45, 2.75) is 4.90 Å². The predicted molar refractivity (Wildman–Crippen MR) is 116 cm³/mol. The molecule has 0 heterocycles. The molecule has 3 rings (SSSR count). The molecule has 1 N–H and O–H groups in total. The van der Waals surface area contributed by atoms with E-state index < -0.39 is 22.5 Å². The van der Waals surface area contributed by atoms with Gasteiger partial charge in [-0.25, -0.2) is 8.42 Å². The van der Waals surface area contributed by atoms with E-state index in [4.69, 9.17) is 9.47 Å². The molecule has 0 saturated heterocycles. The fourth-order valence-electron chi connectivity index (χ4n) is 2.86. The van der Waals surface area contributed by atoms with Crippen LogP contribution in [0, 0.1) is 0 Å². The number of hydrogen-bond acceptors (Lipinski definition) is 5. The van der Waals surface area contributed by atoms with Gasteiger partial charge in [0.05, 0.1) is 30.5 Å². The largest absolute Gasteiger partial charge is 0.497 e. The van der Waals surface area contributed by atoms with Gasteiger partial charge in [-0.2, -0.15) is 0 Å². The number of hydrogen-bond donors (Lipinski definition) is 1. The first kappa shape index (κ1) is 21.2. The van der Waals surface area contributed by atoms with Crippen LogP contribution in [0.1, 0.15) is 0 Å². The summed E-state index contributed by atoms with van der Waals surface area (Å²) in [6.45, 7) is -0.415. The maximum absolute atomic E-state index is 13.2. The molecule has 0 saturated carbocycles. The number of amides is 1. The zero-order valence-electron chi connectivity index (χ0n) is 16.6. The molecule has 3 aromatic carbocycles. The van der Waals surface area contributed by atoms with Gasteiger partial charge < -0.3 is 14.8 Å². The Hall–Kier alpha value is -3.52. The summed E-state index contributed by atoms with van der Waals surface area (Å²) in [5.41, 5.74) is 0.765. The Kier molecular flexibility index (Phi) is 6.58. The van der Waals surface area contributed by atoms with Gasteiger partial charge >= 0.3 is 0 Å². The molecule has 1 amide bonds. The van der Waals surface area contributed by atoms with E-state index in [0.717, 1.165) is 4.31 Å². The minimum absolute atomic E-state index is 0.0978. The van der Waals surface area contributed by atoms with Crippen LogP contribution in [0.3, 0.4) is 0 Å². The topological polar surface area (TPSA) is 84.9 Å². The normalized spacial score (nSPS) is 10.9. The third kappa shape index (κ3) is 4.72. The lowest BCUT2D eigenvalue weighted by Crippen LogP contribution is -2.38. The van der Waals surface area contributed by atoms with Gasteiger partial charge in [0.1, 0.15) is 18.0 Å². The number of para-hydroxylation sites is 1. The number of anilines is 2. The van der Waals surface area contributed by atoms with Crippen LogP contribution >= 0.6 is 0 Å². The van der Waals surface area contributed by atoms with Crippen LogP contribution in [0.25, 0.3) is 0 Å². The summed E-state index contributed by atoms with van der Waals surface area (Å²) in [4.78, 5) is 12.9. The monoisotopic (exact) mass is 426 g/mol. The molecular weight excluding hydrogens is 404 g/mol. The lowest BCUT2D eigenvalue weighted by Gasteiger charge is -2.24. The number of nitrogens with one attached hydrogen (secondary N) is 1. The van der Waals surface area contributed by atoms with Crippen LogP contribution < -0.4 is 19.1 Å². The lowest BCUT2D eigenvalue weighted by atomic mass is 10.2. The highest BCUT2D eigenvalue weighted by atomic mass is 32.2. The maximum Gasteiger partial charge on any atom is 0.264 e. The van der Waals surface area contributed by atoms with Gasteiger partial charge in [0.15, 0.2) is 0 Å². The first-order chi connectivity index (χ1) is 14.5. The Morgan fingerprint density at radius 1 is 0.900 bits per heavy atom. The zero-order valence-corrected chi connectivity index (χ0v) is 17.4. The molecule has 8 heteroatoms. The molecular formula is C22H22N2O5S. The Balaban J connectivity index is 1.92. The molecule has 0 unspecified atom stereocenters. The average Bonchev–Trinajstić information content (AvgIpc) is 2.78. The molecule has 0 fully saturated rings. The highest BCUT2D eigenvalue weighted by Gasteiger charge is 2.27. The Morgan fingerprint density at radius 2 is 1.53 bits per heavy atom. The number of sulfonamides is 1. The Bertz CT molecular complexity index is 1100. The molecule has 30 heavy (non-hydrogen) atoms. The summed E-state index contributed by atoms with van der Waals surface area (Å²) in [7, 11) is -0.963. The van der Waals surface area contributed by atoms with Gasteiger partial charge in [0, 0.05) is 6.07 Å². The minimum atomic E-state index is -3.95. The van der Waals surface area contributed by atoms with Crippen molar-refractivity contribution in [3.63, 3.8) is 0 Å². The van der Waals surface area contributed by atoms with Crippen LogP contribution in [-0.2, 0) is 14.8 Å². The quantitative estimate of drug-likeness (QED) is 0.596. The van der Waals surface area contributed by atoms with Crippen molar-refractivity contribution in [1.82, 2.24) is 0 Å². The minimum Gasteiger partial charge on any atom is -0.497 e. The number of methoxy groups -OCH3 is 2. The smallest absolute Gasteiger partial charge is 0.264 e. The van der Waals surface area contributed by atoms with Gasteiger partial charge in [-0.05, 0) is 36.4 Å². The first-order valence-corrected chi connectivity index (χ1v) is 10.5. The predicted octanol–water partition coefficient (Wildman–Crippen LogP) is 3.54. The molecule has 0 atom stereocenters. The molecule has 7 nitrogen and oxygen atoms in total. The summed E-state index contributed by atoms with van der Waals surface area (Å²) in [5, 5.41) is 2.71. The van der Waals surface area contributed by atoms with Crippen molar-refractivity contribution in [2.24, 2.45) is 0 Å². The van der Waals surface area contributed by atoms with Crippen LogP contribution in [-0.4, -0.2) is 35.1 Å². The van der Waals surface area contributed by atoms with E-state index in [1.165, 1.54) is 26.4 Å². The van der Waals surface area contributed by atoms with Crippen molar-refractivity contribution in [3.05, 3.63) is 78.9 Å². The molecule has 0 aliphatic rings. The molecule has 156 valence electrons. The molecule has 0 aromatic heterocycles. The second-order valence-electron chi connectivity index (χ2n) is 6.27. The molecule has 0 aliphatic heterocycles. The van der Waals surface area contributed by atoms with E-state index in [1.807, 2.05) is 0 Å². The summed E-state index contributed by atoms with van der Waals surface area (Å²) in [6.07, 6.45) is 0. The van der Waals surface area contributed by atoms with Crippen molar-refractivity contribution < 1.29 is 22.7 Å². The van der Waals surface area contributed by atoms with Crippen molar-refractivity contribution >= 4 is 27.3 Å². The third-order valence-electron chi connectivity index (χ3n) is 4.34. The molecule has 0 radical (unpaired) electrons. The first-order valence-electron chi connectivity index (χ1n) is 9.10. The van der Waals surface area contributed by atoms with E-state index in [-0.39, 0.29) is 4.90 Å². The van der Waals surface area contributed by atoms with Crippen LogP contribution in [0.5, 0.6) is 11.5 Å². The SMILES string of the molecule is COc1ccc(OC)c(NC(=O)CN(c2ccccc2)S(=O)(=O)c2ccccc2)c1. The van der Waals surface area contributed by atoms with Gasteiger partial charge in [0.25, 0.3) is 10.0 Å². The standard InChI is InChI=1S/C22H22N2O5S/c1-28-18-13-14-21(29-2)20(15-18)23-22(25)16-24(17-9-5-3-6-10-17)30(26,27)19-11-7-4-8-12-19/h3-15H,16H2,1-2H3,(H,23,25). The number of benzene rings is 3. The molecule has 0 spiro atoms.